The molecule has 1 amide bonds. The van der Waals surface area contributed by atoms with Crippen LogP contribution in [0.5, 0.6) is 0 Å². The SMILES string of the molecule is O=C1COC2(CCCN(Cc3ccc(C(F)(F)F)nc3)C2)CN1c1ccc(F)cc1. The molecule has 0 saturated carbocycles. The van der Waals surface area contributed by atoms with Gasteiger partial charge in [0.2, 0.25) is 0 Å². The van der Waals surface area contributed by atoms with Crippen molar-refractivity contribution in [2.45, 2.75) is 31.2 Å². The topological polar surface area (TPSA) is 45.7 Å². The Balaban J connectivity index is 1.46. The summed E-state index contributed by atoms with van der Waals surface area (Å²) in [5.74, 6) is -0.556. The second-order valence-electron chi connectivity index (χ2n) is 7.79. The number of pyridine rings is 1. The summed E-state index contributed by atoms with van der Waals surface area (Å²) in [6.07, 6.45) is -1.61. The summed E-state index contributed by atoms with van der Waals surface area (Å²) in [4.78, 5) is 19.6. The molecule has 0 aliphatic carbocycles. The predicted octanol–water partition coefficient (Wildman–Crippen LogP) is 3.64. The van der Waals surface area contributed by atoms with Crippen LogP contribution in [-0.2, 0) is 22.3 Å². The molecule has 4 rings (SSSR count). The van der Waals surface area contributed by atoms with E-state index in [4.69, 9.17) is 4.74 Å². The Morgan fingerprint density at radius 1 is 1.10 bits per heavy atom. The van der Waals surface area contributed by atoms with Gasteiger partial charge < -0.3 is 9.64 Å². The molecular formula is C21H21F4N3O2. The van der Waals surface area contributed by atoms with Gasteiger partial charge in [0, 0.05) is 25.0 Å². The number of piperidine rings is 1. The Morgan fingerprint density at radius 3 is 2.53 bits per heavy atom. The number of amides is 1. The van der Waals surface area contributed by atoms with Crippen LogP contribution < -0.4 is 4.90 Å². The smallest absolute Gasteiger partial charge is 0.362 e. The van der Waals surface area contributed by atoms with Crippen molar-refractivity contribution in [1.29, 1.82) is 0 Å². The third kappa shape index (κ3) is 4.46. The van der Waals surface area contributed by atoms with Gasteiger partial charge in [-0.2, -0.15) is 13.2 Å². The van der Waals surface area contributed by atoms with E-state index in [-0.39, 0.29) is 18.3 Å². The Bertz CT molecular complexity index is 902. The fourth-order valence-corrected chi connectivity index (χ4v) is 4.09. The van der Waals surface area contributed by atoms with E-state index in [1.54, 1.807) is 17.0 Å². The number of ether oxygens (including phenoxy) is 1. The zero-order chi connectivity index (χ0) is 21.4. The van der Waals surface area contributed by atoms with E-state index in [1.165, 1.54) is 24.4 Å². The highest BCUT2D eigenvalue weighted by atomic mass is 19.4. The fraction of sp³-hybridized carbons (Fsp3) is 0.429. The molecular weight excluding hydrogens is 402 g/mol. The van der Waals surface area contributed by atoms with E-state index in [1.807, 2.05) is 0 Å². The number of anilines is 1. The maximum Gasteiger partial charge on any atom is 0.433 e. The number of aromatic nitrogens is 1. The molecule has 1 aromatic carbocycles. The molecule has 3 heterocycles. The average molecular weight is 423 g/mol. The summed E-state index contributed by atoms with van der Waals surface area (Å²) in [5.41, 5.74) is -0.180. The van der Waals surface area contributed by atoms with Crippen molar-refractivity contribution in [3.63, 3.8) is 0 Å². The normalized spacial score (nSPS) is 23.2. The highest BCUT2D eigenvalue weighted by molar-refractivity contribution is 5.95. The minimum absolute atomic E-state index is 0.0624. The summed E-state index contributed by atoms with van der Waals surface area (Å²) in [6, 6.07) is 8.20. The second kappa shape index (κ2) is 7.96. The number of benzene rings is 1. The zero-order valence-corrected chi connectivity index (χ0v) is 16.2. The molecule has 2 aliphatic rings. The van der Waals surface area contributed by atoms with Crippen LogP contribution in [0.2, 0.25) is 0 Å². The van der Waals surface area contributed by atoms with E-state index >= 15 is 0 Å². The molecule has 2 saturated heterocycles. The number of hydrogen-bond acceptors (Lipinski definition) is 4. The third-order valence-corrected chi connectivity index (χ3v) is 5.53. The second-order valence-corrected chi connectivity index (χ2v) is 7.79. The first-order valence-corrected chi connectivity index (χ1v) is 9.69. The number of hydrogen-bond donors (Lipinski definition) is 0. The number of likely N-dealkylation sites (tertiary alicyclic amines) is 1. The van der Waals surface area contributed by atoms with Crippen LogP contribution >= 0.6 is 0 Å². The highest BCUT2D eigenvalue weighted by Crippen LogP contribution is 2.33. The first kappa shape index (κ1) is 20.7. The first-order chi connectivity index (χ1) is 14.2. The number of carbonyl (C=O) groups is 1. The van der Waals surface area contributed by atoms with Crippen molar-refractivity contribution < 1.29 is 27.1 Å². The lowest BCUT2D eigenvalue weighted by molar-refractivity contribution is -0.146. The summed E-state index contributed by atoms with van der Waals surface area (Å²) in [6.45, 7) is 2.04. The fourth-order valence-electron chi connectivity index (χ4n) is 4.09. The molecule has 9 heteroatoms. The highest BCUT2D eigenvalue weighted by Gasteiger charge is 2.43. The van der Waals surface area contributed by atoms with Crippen molar-refractivity contribution in [3.05, 3.63) is 59.7 Å². The lowest BCUT2D eigenvalue weighted by atomic mass is 9.90. The van der Waals surface area contributed by atoms with Crippen LogP contribution in [0, 0.1) is 5.82 Å². The molecule has 0 radical (unpaired) electrons. The van der Waals surface area contributed by atoms with Crippen LogP contribution in [-0.4, -0.2) is 47.6 Å². The number of carbonyl (C=O) groups excluding carboxylic acids is 1. The minimum atomic E-state index is -4.46. The van der Waals surface area contributed by atoms with E-state index < -0.39 is 17.5 Å². The molecule has 30 heavy (non-hydrogen) atoms. The Labute approximate surface area is 171 Å². The molecule has 160 valence electrons. The summed E-state index contributed by atoms with van der Waals surface area (Å²) >= 11 is 0. The van der Waals surface area contributed by atoms with E-state index in [2.05, 4.69) is 9.88 Å². The number of morpholine rings is 1. The molecule has 1 atom stereocenters. The Morgan fingerprint density at radius 2 is 1.87 bits per heavy atom. The van der Waals surface area contributed by atoms with E-state index in [0.717, 1.165) is 25.5 Å². The van der Waals surface area contributed by atoms with Crippen molar-refractivity contribution >= 4 is 11.6 Å². The predicted molar refractivity (Wildman–Crippen MR) is 101 cm³/mol. The number of rotatable bonds is 3. The molecule has 2 fully saturated rings. The van der Waals surface area contributed by atoms with Crippen LogP contribution in [0.15, 0.2) is 42.6 Å². The molecule has 2 aliphatic heterocycles. The van der Waals surface area contributed by atoms with Gasteiger partial charge in [-0.1, -0.05) is 6.07 Å². The lowest BCUT2D eigenvalue weighted by Gasteiger charge is -2.47. The van der Waals surface area contributed by atoms with Crippen LogP contribution in [0.4, 0.5) is 23.2 Å². The monoisotopic (exact) mass is 423 g/mol. The maximum atomic E-state index is 13.2. The van der Waals surface area contributed by atoms with Crippen molar-refractivity contribution in [2.24, 2.45) is 0 Å². The Kier molecular flexibility index (Phi) is 5.50. The molecule has 1 spiro atoms. The molecule has 1 unspecified atom stereocenters. The molecule has 5 nitrogen and oxygen atoms in total. The van der Waals surface area contributed by atoms with Gasteiger partial charge in [-0.25, -0.2) is 4.39 Å². The van der Waals surface area contributed by atoms with Crippen molar-refractivity contribution in [1.82, 2.24) is 9.88 Å². The summed E-state index contributed by atoms with van der Waals surface area (Å²) in [5, 5.41) is 0. The van der Waals surface area contributed by atoms with Crippen LogP contribution in [0.3, 0.4) is 0 Å². The largest absolute Gasteiger partial charge is 0.433 e. The zero-order valence-electron chi connectivity index (χ0n) is 16.2. The first-order valence-electron chi connectivity index (χ1n) is 9.69. The van der Waals surface area contributed by atoms with Gasteiger partial charge in [-0.3, -0.25) is 14.7 Å². The molecule has 1 aromatic heterocycles. The minimum Gasteiger partial charge on any atom is -0.362 e. The third-order valence-electron chi connectivity index (χ3n) is 5.53. The van der Waals surface area contributed by atoms with Gasteiger partial charge in [0.1, 0.15) is 18.1 Å². The van der Waals surface area contributed by atoms with Crippen LogP contribution in [0.1, 0.15) is 24.1 Å². The van der Waals surface area contributed by atoms with Gasteiger partial charge in [-0.15, -0.1) is 0 Å². The standard InChI is InChI=1S/C21H21F4N3O2/c22-16-3-5-17(6-4-16)28-14-20(30-12-19(28)29)8-1-9-27(13-20)11-15-2-7-18(26-10-15)21(23,24)25/h2-7,10H,1,8-9,11-14H2. The molecule has 2 aromatic rings. The summed E-state index contributed by atoms with van der Waals surface area (Å²) in [7, 11) is 0. The maximum absolute atomic E-state index is 13.2. The van der Waals surface area contributed by atoms with E-state index in [9.17, 15) is 22.4 Å². The van der Waals surface area contributed by atoms with Crippen LogP contribution in [0.25, 0.3) is 0 Å². The molecule has 0 bridgehead atoms. The lowest BCUT2D eigenvalue weighted by Crippen LogP contribution is -2.61. The number of nitrogens with zero attached hydrogens (tertiary/aromatic N) is 3. The van der Waals surface area contributed by atoms with Gasteiger partial charge in [-0.05, 0) is 55.3 Å². The van der Waals surface area contributed by atoms with Gasteiger partial charge in [0.05, 0.1) is 12.1 Å². The van der Waals surface area contributed by atoms with E-state index in [0.29, 0.717) is 30.9 Å². The average Bonchev–Trinajstić information content (AvgIpc) is 2.71. The number of halogens is 4. The van der Waals surface area contributed by atoms with Crippen molar-refractivity contribution in [3.8, 4) is 0 Å². The molecule has 0 N–H and O–H groups in total. The number of alkyl halides is 3. The van der Waals surface area contributed by atoms with Gasteiger partial charge in [0.25, 0.3) is 5.91 Å². The van der Waals surface area contributed by atoms with Gasteiger partial charge in [0.15, 0.2) is 0 Å². The van der Waals surface area contributed by atoms with Crippen molar-refractivity contribution in [2.75, 3.05) is 31.1 Å². The summed E-state index contributed by atoms with van der Waals surface area (Å²) < 4.78 is 57.3. The van der Waals surface area contributed by atoms with Gasteiger partial charge >= 0.3 is 6.18 Å². The quantitative estimate of drug-likeness (QED) is 0.708. The Hall–Kier alpha value is -2.52.